The van der Waals surface area contributed by atoms with Gasteiger partial charge >= 0.3 is 0 Å². The Morgan fingerprint density at radius 2 is 1.71 bits per heavy atom. The molecule has 0 aliphatic carbocycles. The molecule has 17 heavy (non-hydrogen) atoms. The Kier molecular flexibility index (Phi) is 5.49. The van der Waals surface area contributed by atoms with Crippen LogP contribution in [0, 0.1) is 5.92 Å². The van der Waals surface area contributed by atoms with E-state index in [1.54, 1.807) is 0 Å². The molecule has 0 saturated heterocycles. The van der Waals surface area contributed by atoms with Crippen molar-refractivity contribution in [3.05, 3.63) is 29.8 Å². The smallest absolute Gasteiger partial charge is 0.0363 e. The van der Waals surface area contributed by atoms with E-state index in [1.165, 1.54) is 11.3 Å². The molecule has 0 bridgehead atoms. The van der Waals surface area contributed by atoms with E-state index in [0.717, 1.165) is 25.3 Å². The number of nitrogens with zero attached hydrogens (tertiary/aromatic N) is 1. The fourth-order valence-corrected chi connectivity index (χ4v) is 1.88. The molecule has 1 atom stereocenters. The summed E-state index contributed by atoms with van der Waals surface area (Å²) in [4.78, 5) is 2.27. The maximum absolute atomic E-state index is 5.77. The Bertz CT molecular complexity index is 314. The van der Waals surface area contributed by atoms with Gasteiger partial charge in [-0.1, -0.05) is 26.0 Å². The predicted molar refractivity (Wildman–Crippen MR) is 76.5 cm³/mol. The van der Waals surface area contributed by atoms with Crippen molar-refractivity contribution in [1.82, 2.24) is 0 Å². The molecular weight excluding hydrogens is 208 g/mol. The SMILES string of the molecule is CC(C)Cc1ccc(N(C)CCC(C)N)cc1. The van der Waals surface area contributed by atoms with Crippen LogP contribution in [0.2, 0.25) is 0 Å². The van der Waals surface area contributed by atoms with Crippen LogP contribution in [0.15, 0.2) is 24.3 Å². The summed E-state index contributed by atoms with van der Waals surface area (Å²) >= 11 is 0. The quantitative estimate of drug-likeness (QED) is 0.819. The fourth-order valence-electron chi connectivity index (χ4n) is 1.88. The first kappa shape index (κ1) is 14.0. The van der Waals surface area contributed by atoms with E-state index >= 15 is 0 Å². The average Bonchev–Trinajstić information content (AvgIpc) is 2.26. The normalized spacial score (nSPS) is 12.8. The first-order chi connectivity index (χ1) is 7.99. The van der Waals surface area contributed by atoms with Crippen LogP contribution < -0.4 is 10.6 Å². The zero-order valence-corrected chi connectivity index (χ0v) is 11.6. The Balaban J connectivity index is 2.54. The lowest BCUT2D eigenvalue weighted by molar-refractivity contribution is 0.646. The molecule has 0 fully saturated rings. The lowest BCUT2D eigenvalue weighted by Gasteiger charge is -2.20. The molecule has 0 aliphatic rings. The molecule has 0 radical (unpaired) electrons. The maximum atomic E-state index is 5.77. The van der Waals surface area contributed by atoms with Gasteiger partial charge in [0.25, 0.3) is 0 Å². The van der Waals surface area contributed by atoms with Crippen molar-refractivity contribution in [2.24, 2.45) is 11.7 Å². The van der Waals surface area contributed by atoms with Gasteiger partial charge in [0.1, 0.15) is 0 Å². The zero-order chi connectivity index (χ0) is 12.8. The summed E-state index contributed by atoms with van der Waals surface area (Å²) in [6.45, 7) is 7.58. The third-order valence-electron chi connectivity index (χ3n) is 2.94. The first-order valence-corrected chi connectivity index (χ1v) is 6.54. The molecule has 0 saturated carbocycles. The summed E-state index contributed by atoms with van der Waals surface area (Å²) in [6, 6.07) is 9.16. The number of nitrogens with two attached hydrogens (primary N) is 1. The highest BCUT2D eigenvalue weighted by molar-refractivity contribution is 5.46. The molecule has 2 N–H and O–H groups in total. The van der Waals surface area contributed by atoms with Crippen molar-refractivity contribution in [1.29, 1.82) is 0 Å². The number of rotatable bonds is 6. The molecule has 96 valence electrons. The van der Waals surface area contributed by atoms with E-state index in [4.69, 9.17) is 5.73 Å². The molecule has 1 rings (SSSR count). The summed E-state index contributed by atoms with van der Waals surface area (Å²) in [5.74, 6) is 0.719. The molecule has 1 aromatic rings. The van der Waals surface area contributed by atoms with E-state index in [-0.39, 0.29) is 6.04 Å². The third kappa shape index (κ3) is 5.22. The van der Waals surface area contributed by atoms with Crippen LogP contribution >= 0.6 is 0 Å². The predicted octanol–water partition coefficient (Wildman–Crippen LogP) is 3.06. The molecular formula is C15H26N2. The van der Waals surface area contributed by atoms with Crippen LogP contribution in [-0.4, -0.2) is 19.6 Å². The lowest BCUT2D eigenvalue weighted by atomic mass is 10.0. The molecule has 2 heteroatoms. The summed E-state index contributed by atoms with van der Waals surface area (Å²) in [7, 11) is 2.12. The summed E-state index contributed by atoms with van der Waals surface area (Å²) in [5, 5.41) is 0. The number of anilines is 1. The van der Waals surface area contributed by atoms with E-state index in [9.17, 15) is 0 Å². The molecule has 0 spiro atoms. The van der Waals surface area contributed by atoms with Gasteiger partial charge in [0, 0.05) is 25.3 Å². The van der Waals surface area contributed by atoms with Crippen LogP contribution in [0.3, 0.4) is 0 Å². The summed E-state index contributed by atoms with van der Waals surface area (Å²) in [5.41, 5.74) is 8.47. The summed E-state index contributed by atoms with van der Waals surface area (Å²) < 4.78 is 0. The van der Waals surface area contributed by atoms with Gasteiger partial charge in [-0.2, -0.15) is 0 Å². The van der Waals surface area contributed by atoms with E-state index in [1.807, 2.05) is 0 Å². The number of hydrogen-bond donors (Lipinski definition) is 1. The Morgan fingerprint density at radius 1 is 1.12 bits per heavy atom. The second kappa shape index (κ2) is 6.65. The van der Waals surface area contributed by atoms with Crippen LogP contribution in [-0.2, 0) is 6.42 Å². The minimum absolute atomic E-state index is 0.276. The van der Waals surface area contributed by atoms with Gasteiger partial charge in [-0.25, -0.2) is 0 Å². The zero-order valence-electron chi connectivity index (χ0n) is 11.6. The van der Waals surface area contributed by atoms with Crippen molar-refractivity contribution in [2.75, 3.05) is 18.5 Å². The number of benzene rings is 1. The van der Waals surface area contributed by atoms with Gasteiger partial charge in [0.2, 0.25) is 0 Å². The van der Waals surface area contributed by atoms with Gasteiger partial charge in [0.15, 0.2) is 0 Å². The highest BCUT2D eigenvalue weighted by atomic mass is 15.1. The topological polar surface area (TPSA) is 29.3 Å². The standard InChI is InChI=1S/C15H26N2/c1-12(2)11-14-5-7-15(8-6-14)17(4)10-9-13(3)16/h5-8,12-13H,9-11,16H2,1-4H3. The van der Waals surface area contributed by atoms with E-state index in [2.05, 4.69) is 57.0 Å². The average molecular weight is 234 g/mol. The molecule has 0 aliphatic heterocycles. The molecule has 0 heterocycles. The minimum Gasteiger partial charge on any atom is -0.375 e. The largest absolute Gasteiger partial charge is 0.375 e. The Morgan fingerprint density at radius 3 is 2.18 bits per heavy atom. The van der Waals surface area contributed by atoms with Gasteiger partial charge in [-0.05, 0) is 43.4 Å². The van der Waals surface area contributed by atoms with Gasteiger partial charge in [-0.3, -0.25) is 0 Å². The monoisotopic (exact) mass is 234 g/mol. The van der Waals surface area contributed by atoms with E-state index < -0.39 is 0 Å². The van der Waals surface area contributed by atoms with Crippen molar-refractivity contribution in [2.45, 2.75) is 39.7 Å². The second-order valence-electron chi connectivity index (χ2n) is 5.45. The fraction of sp³-hybridized carbons (Fsp3) is 0.600. The van der Waals surface area contributed by atoms with Crippen molar-refractivity contribution < 1.29 is 0 Å². The van der Waals surface area contributed by atoms with Crippen LogP contribution in [0.5, 0.6) is 0 Å². The van der Waals surface area contributed by atoms with Crippen molar-refractivity contribution in [3.63, 3.8) is 0 Å². The minimum atomic E-state index is 0.276. The molecule has 0 amide bonds. The Labute approximate surface area is 106 Å². The molecule has 1 aromatic carbocycles. The van der Waals surface area contributed by atoms with Crippen molar-refractivity contribution >= 4 is 5.69 Å². The first-order valence-electron chi connectivity index (χ1n) is 6.54. The lowest BCUT2D eigenvalue weighted by Crippen LogP contribution is -2.25. The summed E-state index contributed by atoms with van der Waals surface area (Å²) in [6.07, 6.45) is 2.19. The Hall–Kier alpha value is -1.02. The van der Waals surface area contributed by atoms with Crippen molar-refractivity contribution in [3.8, 4) is 0 Å². The van der Waals surface area contributed by atoms with Gasteiger partial charge < -0.3 is 10.6 Å². The third-order valence-corrected chi connectivity index (χ3v) is 2.94. The van der Waals surface area contributed by atoms with E-state index in [0.29, 0.717) is 0 Å². The van der Waals surface area contributed by atoms with Crippen LogP contribution in [0.25, 0.3) is 0 Å². The molecule has 2 nitrogen and oxygen atoms in total. The van der Waals surface area contributed by atoms with Crippen LogP contribution in [0.4, 0.5) is 5.69 Å². The highest BCUT2D eigenvalue weighted by Gasteiger charge is 2.03. The molecule has 1 unspecified atom stereocenters. The van der Waals surface area contributed by atoms with Gasteiger partial charge in [0.05, 0.1) is 0 Å². The second-order valence-corrected chi connectivity index (χ2v) is 5.45. The maximum Gasteiger partial charge on any atom is 0.0363 e. The van der Waals surface area contributed by atoms with Gasteiger partial charge in [-0.15, -0.1) is 0 Å². The highest BCUT2D eigenvalue weighted by Crippen LogP contribution is 2.16. The molecule has 0 aromatic heterocycles. The number of hydrogen-bond acceptors (Lipinski definition) is 2. The van der Waals surface area contributed by atoms with Crippen LogP contribution in [0.1, 0.15) is 32.8 Å².